The van der Waals surface area contributed by atoms with Gasteiger partial charge in [-0.1, -0.05) is 36.4 Å². The summed E-state index contributed by atoms with van der Waals surface area (Å²) in [4.78, 5) is 34.3. The first-order valence-corrected chi connectivity index (χ1v) is 9.90. The van der Waals surface area contributed by atoms with E-state index in [1.807, 2.05) is 81.2 Å². The third kappa shape index (κ3) is 3.20. The maximum atomic E-state index is 13.2. The average Bonchev–Trinajstić information content (AvgIpc) is 3.40. The lowest BCUT2D eigenvalue weighted by atomic mass is 10.1. The molecule has 1 fully saturated rings. The van der Waals surface area contributed by atoms with Crippen LogP contribution in [-0.4, -0.2) is 50.3 Å². The van der Waals surface area contributed by atoms with E-state index in [-0.39, 0.29) is 23.9 Å². The van der Waals surface area contributed by atoms with Gasteiger partial charge < -0.3 is 14.4 Å². The van der Waals surface area contributed by atoms with E-state index in [0.29, 0.717) is 31.7 Å². The number of aromatic nitrogens is 2. The number of fused-ring (bicyclic) bond motifs is 3. The molecule has 0 saturated carbocycles. The standard InChI is InChI=1S/C23H22N4O2/c28-22(13-17-7-2-1-3-8-17)25-15-20-21(16-25)27(14-18-9-4-5-11-24-18)23(29)19-10-6-12-26(19)20/h1-12,20-21H,13-16H2/t20-,21-/m0/s1. The normalized spacial score (nSPS) is 20.5. The molecule has 0 bridgehead atoms. The summed E-state index contributed by atoms with van der Waals surface area (Å²) in [6.07, 6.45) is 4.08. The van der Waals surface area contributed by atoms with Gasteiger partial charge in [0.15, 0.2) is 0 Å². The number of carbonyl (C=O) groups is 2. The number of benzene rings is 1. The van der Waals surface area contributed by atoms with Gasteiger partial charge in [0.1, 0.15) is 5.69 Å². The fraction of sp³-hybridized carbons (Fsp3) is 0.261. The predicted molar refractivity (Wildman–Crippen MR) is 108 cm³/mol. The number of likely N-dealkylation sites (tertiary alicyclic amines) is 1. The summed E-state index contributed by atoms with van der Waals surface area (Å²) in [5, 5.41) is 0. The lowest BCUT2D eigenvalue weighted by molar-refractivity contribution is -0.129. The minimum atomic E-state index is -0.0517. The minimum absolute atomic E-state index is 0.000684. The van der Waals surface area contributed by atoms with Gasteiger partial charge in [-0.05, 0) is 29.8 Å². The quantitative estimate of drug-likeness (QED) is 0.692. The molecule has 5 rings (SSSR count). The number of pyridine rings is 1. The van der Waals surface area contributed by atoms with Crippen molar-refractivity contribution in [1.82, 2.24) is 19.4 Å². The summed E-state index contributed by atoms with van der Waals surface area (Å²) in [5.74, 6) is 0.101. The summed E-state index contributed by atoms with van der Waals surface area (Å²) in [5.41, 5.74) is 2.55. The molecule has 2 aliphatic heterocycles. The van der Waals surface area contributed by atoms with E-state index in [0.717, 1.165) is 11.3 Å². The molecular formula is C23H22N4O2. The maximum absolute atomic E-state index is 13.2. The molecule has 4 heterocycles. The van der Waals surface area contributed by atoms with Crippen LogP contribution in [0, 0.1) is 0 Å². The highest BCUT2D eigenvalue weighted by Crippen LogP contribution is 2.34. The van der Waals surface area contributed by atoms with Crippen molar-refractivity contribution >= 4 is 11.8 Å². The van der Waals surface area contributed by atoms with Crippen molar-refractivity contribution < 1.29 is 9.59 Å². The highest BCUT2D eigenvalue weighted by atomic mass is 16.2. The van der Waals surface area contributed by atoms with Crippen LogP contribution in [0.1, 0.15) is 27.8 Å². The molecule has 1 saturated heterocycles. The lowest BCUT2D eigenvalue weighted by Crippen LogP contribution is -2.50. The van der Waals surface area contributed by atoms with Crippen molar-refractivity contribution in [3.8, 4) is 0 Å². The number of hydrogen-bond donors (Lipinski definition) is 0. The molecule has 2 atom stereocenters. The van der Waals surface area contributed by atoms with Crippen LogP contribution in [-0.2, 0) is 17.8 Å². The Morgan fingerprint density at radius 2 is 1.76 bits per heavy atom. The van der Waals surface area contributed by atoms with Crippen LogP contribution >= 0.6 is 0 Å². The summed E-state index contributed by atoms with van der Waals surface area (Å²) < 4.78 is 2.04. The summed E-state index contributed by atoms with van der Waals surface area (Å²) in [6.45, 7) is 1.61. The Labute approximate surface area is 169 Å². The van der Waals surface area contributed by atoms with Crippen LogP contribution in [0.4, 0.5) is 0 Å². The van der Waals surface area contributed by atoms with Crippen molar-refractivity contribution in [3.63, 3.8) is 0 Å². The zero-order chi connectivity index (χ0) is 19.8. The summed E-state index contributed by atoms with van der Waals surface area (Å²) in [7, 11) is 0. The van der Waals surface area contributed by atoms with E-state index >= 15 is 0 Å². The summed E-state index contributed by atoms with van der Waals surface area (Å²) in [6, 6.07) is 19.3. The van der Waals surface area contributed by atoms with Gasteiger partial charge in [0.25, 0.3) is 5.91 Å². The molecule has 3 aromatic rings. The molecule has 1 aromatic carbocycles. The molecule has 2 aromatic heterocycles. The maximum Gasteiger partial charge on any atom is 0.271 e. The van der Waals surface area contributed by atoms with Gasteiger partial charge in [-0.25, -0.2) is 0 Å². The molecule has 2 aliphatic rings. The second-order valence-corrected chi connectivity index (χ2v) is 7.65. The zero-order valence-electron chi connectivity index (χ0n) is 16.0. The number of hydrogen-bond acceptors (Lipinski definition) is 3. The Balaban J connectivity index is 1.41. The molecular weight excluding hydrogens is 364 g/mol. The van der Waals surface area contributed by atoms with Crippen LogP contribution in [0.15, 0.2) is 73.1 Å². The molecule has 6 nitrogen and oxygen atoms in total. The molecule has 0 unspecified atom stereocenters. The van der Waals surface area contributed by atoms with Gasteiger partial charge in [-0.2, -0.15) is 0 Å². The second kappa shape index (κ2) is 7.20. The topological polar surface area (TPSA) is 58.4 Å². The van der Waals surface area contributed by atoms with Crippen LogP contribution in [0.25, 0.3) is 0 Å². The van der Waals surface area contributed by atoms with E-state index in [2.05, 4.69) is 4.98 Å². The predicted octanol–water partition coefficient (Wildman–Crippen LogP) is 2.53. The monoisotopic (exact) mass is 386 g/mol. The number of amides is 2. The molecule has 0 spiro atoms. The van der Waals surface area contributed by atoms with Crippen molar-refractivity contribution in [1.29, 1.82) is 0 Å². The Morgan fingerprint density at radius 1 is 0.966 bits per heavy atom. The molecule has 0 N–H and O–H groups in total. The van der Waals surface area contributed by atoms with Crippen molar-refractivity contribution in [2.24, 2.45) is 0 Å². The van der Waals surface area contributed by atoms with Gasteiger partial charge in [0, 0.05) is 25.5 Å². The molecule has 2 amide bonds. The van der Waals surface area contributed by atoms with E-state index in [9.17, 15) is 9.59 Å². The van der Waals surface area contributed by atoms with Gasteiger partial charge in [-0.3, -0.25) is 14.6 Å². The van der Waals surface area contributed by atoms with E-state index < -0.39 is 0 Å². The highest BCUT2D eigenvalue weighted by molar-refractivity contribution is 5.94. The van der Waals surface area contributed by atoms with Crippen LogP contribution in [0.2, 0.25) is 0 Å². The molecule has 6 heteroatoms. The Bertz CT molecular complexity index is 1030. The van der Waals surface area contributed by atoms with E-state index in [4.69, 9.17) is 0 Å². The van der Waals surface area contributed by atoms with E-state index in [1.54, 1.807) is 6.20 Å². The molecule has 0 aliphatic carbocycles. The van der Waals surface area contributed by atoms with E-state index in [1.165, 1.54) is 0 Å². The third-order valence-corrected chi connectivity index (χ3v) is 5.88. The van der Waals surface area contributed by atoms with Crippen molar-refractivity contribution in [2.45, 2.75) is 25.0 Å². The number of carbonyl (C=O) groups excluding carboxylic acids is 2. The van der Waals surface area contributed by atoms with Crippen molar-refractivity contribution in [2.75, 3.05) is 13.1 Å². The van der Waals surface area contributed by atoms with Crippen LogP contribution in [0.3, 0.4) is 0 Å². The molecule has 146 valence electrons. The molecule has 0 radical (unpaired) electrons. The first-order chi connectivity index (χ1) is 14.2. The Morgan fingerprint density at radius 3 is 2.55 bits per heavy atom. The lowest BCUT2D eigenvalue weighted by Gasteiger charge is -2.37. The van der Waals surface area contributed by atoms with Crippen LogP contribution < -0.4 is 0 Å². The van der Waals surface area contributed by atoms with Gasteiger partial charge >= 0.3 is 0 Å². The zero-order valence-corrected chi connectivity index (χ0v) is 16.0. The minimum Gasteiger partial charge on any atom is -0.338 e. The van der Waals surface area contributed by atoms with Gasteiger partial charge in [0.2, 0.25) is 5.91 Å². The highest BCUT2D eigenvalue weighted by Gasteiger charge is 2.46. The first kappa shape index (κ1) is 17.7. The second-order valence-electron chi connectivity index (χ2n) is 7.65. The third-order valence-electron chi connectivity index (χ3n) is 5.88. The Kier molecular flexibility index (Phi) is 4.39. The number of rotatable bonds is 4. The average molecular weight is 386 g/mol. The van der Waals surface area contributed by atoms with Gasteiger partial charge in [0.05, 0.1) is 30.7 Å². The smallest absolute Gasteiger partial charge is 0.271 e. The molecule has 29 heavy (non-hydrogen) atoms. The SMILES string of the molecule is O=C(Cc1ccccc1)N1C[C@H]2[C@H](C1)n1cccc1C(=O)N2Cc1ccccn1. The Hall–Kier alpha value is -3.41. The fourth-order valence-corrected chi connectivity index (χ4v) is 4.45. The number of nitrogens with zero attached hydrogens (tertiary/aromatic N) is 4. The largest absolute Gasteiger partial charge is 0.338 e. The fourth-order valence-electron chi connectivity index (χ4n) is 4.45. The van der Waals surface area contributed by atoms with Crippen molar-refractivity contribution in [3.05, 3.63) is 90.0 Å². The summed E-state index contributed by atoms with van der Waals surface area (Å²) >= 11 is 0. The van der Waals surface area contributed by atoms with Gasteiger partial charge in [-0.15, -0.1) is 0 Å². The first-order valence-electron chi connectivity index (χ1n) is 9.90. The van der Waals surface area contributed by atoms with Crippen LogP contribution in [0.5, 0.6) is 0 Å².